The minimum Gasteiger partial charge on any atom is -0.453 e. The highest BCUT2D eigenvalue weighted by Gasteiger charge is 2.52. The molecule has 58 heavy (non-hydrogen) atoms. The molecule has 3 amide bonds. The van der Waals surface area contributed by atoms with Crippen LogP contribution in [0.15, 0.2) is 84.3 Å². The van der Waals surface area contributed by atoms with Crippen molar-refractivity contribution in [1.29, 1.82) is 0 Å². The SMILES string of the molecule is COC(=O)N[C@H](C(=O)N1CCC[C@H]1c1ncc(-c2ccc(-c3ccc(-c4cnc([C@@H]5C6CCC(C6)[C@H]5C(=O)NCc5cccnc5SC)[nH]4)cc3)cc2)[nH]1)[C@@H](C)OC. The largest absolute Gasteiger partial charge is 0.453 e. The zero-order valence-electron chi connectivity index (χ0n) is 33.2. The Morgan fingerprint density at radius 2 is 1.50 bits per heavy atom. The van der Waals surface area contributed by atoms with Gasteiger partial charge in [0.1, 0.15) is 22.7 Å². The maximum atomic E-state index is 13.7. The van der Waals surface area contributed by atoms with Crippen LogP contribution in [0.2, 0.25) is 0 Å². The molecule has 7 atom stereocenters. The molecule has 14 heteroatoms. The summed E-state index contributed by atoms with van der Waals surface area (Å²) in [5.74, 6) is 2.31. The van der Waals surface area contributed by atoms with Crippen LogP contribution in [0.25, 0.3) is 33.6 Å². The van der Waals surface area contributed by atoms with E-state index in [1.54, 1.807) is 36.0 Å². The van der Waals surface area contributed by atoms with Crippen LogP contribution in [0.5, 0.6) is 0 Å². The Morgan fingerprint density at radius 3 is 2.16 bits per heavy atom. The molecular formula is C44H50N8O5S. The number of hydrogen-bond acceptors (Lipinski definition) is 9. The monoisotopic (exact) mass is 802 g/mol. The zero-order chi connectivity index (χ0) is 40.3. The summed E-state index contributed by atoms with van der Waals surface area (Å²) in [4.78, 5) is 62.2. The molecule has 2 aliphatic carbocycles. The highest BCUT2D eigenvalue weighted by Crippen LogP contribution is 2.56. The molecule has 1 aliphatic heterocycles. The number of carbonyl (C=O) groups is 3. The molecule has 8 rings (SSSR count). The first-order chi connectivity index (χ1) is 28.3. The number of likely N-dealkylation sites (tertiary alicyclic amines) is 1. The third kappa shape index (κ3) is 7.87. The fourth-order valence-electron chi connectivity index (χ4n) is 9.29. The summed E-state index contributed by atoms with van der Waals surface area (Å²) in [6, 6.07) is 19.6. The van der Waals surface area contributed by atoms with Crippen LogP contribution in [0, 0.1) is 17.8 Å². The standard InChI is InChI=1S/C44H50N8O5S/c1-25(56-2)38(51-44(55)57-3)43(54)52-20-6-8-35(52)39-46-23-33(49-39)28-13-9-26(10-14-28)27-11-15-29(16-12-27)34-24-47-40(50-34)36-30-17-18-31(21-30)37(36)41(53)48-22-32-7-5-19-45-42(32)58-4/h5,7,9-16,19,23-25,30-31,35-38H,6,8,17-18,20-22H2,1-4H3,(H,46,49)(H,47,50)(H,48,53)(H,51,55)/t25-,30?,31?,35+,36-,37-,38+/m1/s1. The first-order valence-electron chi connectivity index (χ1n) is 20.0. The Balaban J connectivity index is 0.916. The normalized spacial score (nSPS) is 22.1. The summed E-state index contributed by atoms with van der Waals surface area (Å²) < 4.78 is 10.2. The summed E-state index contributed by atoms with van der Waals surface area (Å²) in [6.07, 6.45) is 11.1. The van der Waals surface area contributed by atoms with Crippen molar-refractivity contribution in [3.05, 3.63) is 96.5 Å². The number of methoxy groups -OCH3 is 2. The highest BCUT2D eigenvalue weighted by molar-refractivity contribution is 7.98. The predicted molar refractivity (Wildman–Crippen MR) is 221 cm³/mol. The summed E-state index contributed by atoms with van der Waals surface area (Å²) in [5, 5.41) is 6.81. The lowest BCUT2D eigenvalue weighted by Crippen LogP contribution is -2.54. The Bertz CT molecular complexity index is 2240. The molecule has 2 unspecified atom stereocenters. The lowest BCUT2D eigenvalue weighted by molar-refractivity contribution is -0.137. The van der Waals surface area contributed by atoms with Gasteiger partial charge in [0, 0.05) is 37.9 Å². The van der Waals surface area contributed by atoms with Crippen LogP contribution in [0.4, 0.5) is 4.79 Å². The highest BCUT2D eigenvalue weighted by atomic mass is 32.2. The van der Waals surface area contributed by atoms with E-state index in [0.717, 1.165) is 82.2 Å². The van der Waals surface area contributed by atoms with Crippen LogP contribution in [0.1, 0.15) is 68.2 Å². The van der Waals surface area contributed by atoms with Crippen LogP contribution < -0.4 is 10.6 Å². The van der Waals surface area contributed by atoms with Gasteiger partial charge in [-0.05, 0) is 85.4 Å². The maximum Gasteiger partial charge on any atom is 0.407 e. The van der Waals surface area contributed by atoms with Gasteiger partial charge in [0.05, 0.1) is 49.0 Å². The Hall–Kier alpha value is -5.47. The molecule has 2 saturated carbocycles. The van der Waals surface area contributed by atoms with Gasteiger partial charge in [0.2, 0.25) is 11.8 Å². The number of nitrogens with one attached hydrogen (secondary N) is 4. The minimum absolute atomic E-state index is 0.0807. The number of thioether (sulfide) groups is 1. The number of rotatable bonds is 13. The molecule has 1 saturated heterocycles. The third-order valence-corrected chi connectivity index (χ3v) is 13.1. The summed E-state index contributed by atoms with van der Waals surface area (Å²) in [6.45, 7) is 2.77. The average molecular weight is 803 g/mol. The maximum absolute atomic E-state index is 13.7. The molecule has 4 N–H and O–H groups in total. The Labute approximate surface area is 342 Å². The fraction of sp³-hybridized carbons (Fsp3) is 0.409. The van der Waals surface area contributed by atoms with Crippen molar-refractivity contribution in [2.24, 2.45) is 17.8 Å². The van der Waals surface area contributed by atoms with Crippen LogP contribution in [-0.4, -0.2) is 86.9 Å². The molecule has 2 bridgehead atoms. The lowest BCUT2D eigenvalue weighted by Gasteiger charge is -2.30. The van der Waals surface area contributed by atoms with E-state index in [9.17, 15) is 14.4 Å². The van der Waals surface area contributed by atoms with Crippen molar-refractivity contribution in [2.45, 2.75) is 74.7 Å². The van der Waals surface area contributed by atoms with E-state index in [0.29, 0.717) is 30.7 Å². The van der Waals surface area contributed by atoms with Crippen LogP contribution in [-0.2, 0) is 25.6 Å². The number of carbonyl (C=O) groups excluding carboxylic acids is 3. The van der Waals surface area contributed by atoms with E-state index in [2.05, 4.69) is 79.1 Å². The number of pyridine rings is 1. The zero-order valence-corrected chi connectivity index (χ0v) is 34.1. The topological polar surface area (TPSA) is 167 Å². The summed E-state index contributed by atoms with van der Waals surface area (Å²) in [7, 11) is 2.77. The third-order valence-electron chi connectivity index (χ3n) is 12.4. The fourth-order valence-corrected chi connectivity index (χ4v) is 9.86. The quantitative estimate of drug-likeness (QED) is 0.0907. The van der Waals surface area contributed by atoms with Crippen molar-refractivity contribution in [1.82, 2.24) is 40.5 Å². The predicted octanol–water partition coefficient (Wildman–Crippen LogP) is 7.12. The van der Waals surface area contributed by atoms with Gasteiger partial charge < -0.3 is 35.0 Å². The summed E-state index contributed by atoms with van der Waals surface area (Å²) in [5.41, 5.74) is 7.02. The molecule has 3 aliphatic rings. The second-order valence-electron chi connectivity index (χ2n) is 15.5. The lowest BCUT2D eigenvalue weighted by atomic mass is 9.78. The average Bonchev–Trinajstić information content (AvgIpc) is 4.13. The first kappa shape index (κ1) is 39.4. The van der Waals surface area contributed by atoms with Crippen molar-refractivity contribution >= 4 is 29.7 Å². The molecular weight excluding hydrogens is 753 g/mol. The molecule has 302 valence electrons. The van der Waals surface area contributed by atoms with Crippen molar-refractivity contribution in [2.75, 3.05) is 27.0 Å². The van der Waals surface area contributed by atoms with Gasteiger partial charge in [-0.1, -0.05) is 54.6 Å². The van der Waals surface area contributed by atoms with Gasteiger partial charge in [-0.2, -0.15) is 0 Å². The molecule has 4 heterocycles. The smallest absolute Gasteiger partial charge is 0.407 e. The number of fused-ring (bicyclic) bond motifs is 2. The van der Waals surface area contributed by atoms with Crippen LogP contribution in [0.3, 0.4) is 0 Å². The second-order valence-corrected chi connectivity index (χ2v) is 16.3. The van der Waals surface area contributed by atoms with Gasteiger partial charge in [0.25, 0.3) is 0 Å². The van der Waals surface area contributed by atoms with Crippen molar-refractivity contribution in [3.8, 4) is 33.6 Å². The number of alkyl carbamates (subject to hydrolysis) is 1. The summed E-state index contributed by atoms with van der Waals surface area (Å²) >= 11 is 1.59. The number of H-pyrrole nitrogens is 2. The number of aromatic amines is 2. The second kappa shape index (κ2) is 17.2. The number of benzene rings is 2. The molecule has 3 fully saturated rings. The van der Waals surface area contributed by atoms with E-state index in [-0.39, 0.29) is 29.7 Å². The van der Waals surface area contributed by atoms with Crippen molar-refractivity contribution < 1.29 is 23.9 Å². The van der Waals surface area contributed by atoms with E-state index in [4.69, 9.17) is 14.5 Å². The number of nitrogens with zero attached hydrogens (tertiary/aromatic N) is 4. The minimum atomic E-state index is -0.886. The van der Waals surface area contributed by atoms with Crippen molar-refractivity contribution in [3.63, 3.8) is 0 Å². The number of aromatic nitrogens is 5. The number of ether oxygens (including phenoxy) is 2. The molecule has 0 spiro atoms. The molecule has 0 radical (unpaired) electrons. The van der Waals surface area contributed by atoms with E-state index in [1.807, 2.05) is 24.6 Å². The Morgan fingerprint density at radius 1 is 0.862 bits per heavy atom. The van der Waals surface area contributed by atoms with Gasteiger partial charge >= 0.3 is 6.09 Å². The number of amides is 3. The molecule has 2 aromatic carbocycles. The molecule has 13 nitrogen and oxygen atoms in total. The number of hydrogen-bond donors (Lipinski definition) is 4. The van der Waals surface area contributed by atoms with E-state index < -0.39 is 18.2 Å². The Kier molecular flexibility index (Phi) is 11.7. The van der Waals surface area contributed by atoms with E-state index >= 15 is 0 Å². The van der Waals surface area contributed by atoms with Gasteiger partial charge in [0.15, 0.2) is 0 Å². The first-order valence-corrected chi connectivity index (χ1v) is 21.2. The van der Waals surface area contributed by atoms with Crippen LogP contribution >= 0.6 is 11.8 Å². The van der Waals surface area contributed by atoms with Gasteiger partial charge in [-0.25, -0.2) is 19.7 Å². The van der Waals surface area contributed by atoms with E-state index in [1.165, 1.54) is 14.2 Å². The number of imidazole rings is 2. The molecule has 5 aromatic rings. The van der Waals surface area contributed by atoms with Gasteiger partial charge in [-0.15, -0.1) is 11.8 Å². The van der Waals surface area contributed by atoms with Gasteiger partial charge in [-0.3, -0.25) is 9.59 Å². The molecule has 3 aromatic heterocycles.